The van der Waals surface area contributed by atoms with Crippen molar-refractivity contribution in [3.05, 3.63) is 11.6 Å². The molecule has 1 atom stereocenters. The van der Waals surface area contributed by atoms with Gasteiger partial charge in [0.05, 0.1) is 5.41 Å². The highest BCUT2D eigenvalue weighted by Gasteiger charge is 2.42. The second-order valence-electron chi connectivity index (χ2n) is 5.46. The number of carbonyl (C=O) groups excluding carboxylic acids is 1. The largest absolute Gasteiger partial charge is 0.481 e. The van der Waals surface area contributed by atoms with Gasteiger partial charge in [0.15, 0.2) is 0 Å². The molecule has 1 saturated heterocycles. The van der Waals surface area contributed by atoms with E-state index in [0.717, 1.165) is 24.8 Å². The topological polar surface area (TPSA) is 57.6 Å². The van der Waals surface area contributed by atoms with E-state index in [1.807, 2.05) is 26.8 Å². The van der Waals surface area contributed by atoms with Gasteiger partial charge in [-0.15, -0.1) is 0 Å². The number of likely N-dealkylation sites (tertiary alicyclic amines) is 1. The van der Waals surface area contributed by atoms with Crippen LogP contribution in [0.2, 0.25) is 0 Å². The maximum Gasteiger partial charge on any atom is 0.311 e. The first kappa shape index (κ1) is 15.7. The Labute approximate surface area is 115 Å². The number of rotatable bonds is 5. The highest BCUT2D eigenvalue weighted by Crippen LogP contribution is 2.35. The van der Waals surface area contributed by atoms with Crippen LogP contribution < -0.4 is 0 Å². The molecule has 1 amide bonds. The summed E-state index contributed by atoms with van der Waals surface area (Å²) in [6, 6.07) is 0. The first-order valence-electron chi connectivity index (χ1n) is 7.16. The molecule has 19 heavy (non-hydrogen) atoms. The molecule has 1 fully saturated rings. The van der Waals surface area contributed by atoms with E-state index in [0.29, 0.717) is 25.9 Å². The Morgan fingerprint density at radius 1 is 1.37 bits per heavy atom. The van der Waals surface area contributed by atoms with Crippen molar-refractivity contribution in [1.82, 2.24) is 4.90 Å². The summed E-state index contributed by atoms with van der Waals surface area (Å²) >= 11 is 0. The van der Waals surface area contributed by atoms with Gasteiger partial charge in [-0.25, -0.2) is 0 Å². The lowest BCUT2D eigenvalue weighted by Gasteiger charge is -2.40. The molecular formula is C15H25NO3. The summed E-state index contributed by atoms with van der Waals surface area (Å²) in [5.41, 5.74) is -0.0185. The van der Waals surface area contributed by atoms with E-state index in [2.05, 4.69) is 0 Å². The van der Waals surface area contributed by atoms with Gasteiger partial charge in [-0.1, -0.05) is 26.3 Å². The number of piperidine rings is 1. The zero-order valence-corrected chi connectivity index (χ0v) is 12.2. The summed E-state index contributed by atoms with van der Waals surface area (Å²) in [6.45, 7) is 6.82. The van der Waals surface area contributed by atoms with Gasteiger partial charge in [0.25, 0.3) is 0 Å². The first-order chi connectivity index (χ1) is 8.96. The predicted octanol–water partition coefficient (Wildman–Crippen LogP) is 2.84. The molecule has 1 heterocycles. The summed E-state index contributed by atoms with van der Waals surface area (Å²) in [5.74, 6) is -0.771. The van der Waals surface area contributed by atoms with Gasteiger partial charge >= 0.3 is 5.97 Å². The smallest absolute Gasteiger partial charge is 0.311 e. The van der Waals surface area contributed by atoms with Crippen LogP contribution in [0.25, 0.3) is 0 Å². The molecule has 0 spiro atoms. The van der Waals surface area contributed by atoms with Gasteiger partial charge in [-0.2, -0.15) is 0 Å². The molecule has 1 unspecified atom stereocenters. The highest BCUT2D eigenvalue weighted by atomic mass is 16.4. The minimum Gasteiger partial charge on any atom is -0.481 e. The molecule has 1 rings (SSSR count). The normalized spacial score (nSPS) is 24.4. The van der Waals surface area contributed by atoms with Crippen LogP contribution in [-0.4, -0.2) is 35.0 Å². The summed E-state index contributed by atoms with van der Waals surface area (Å²) in [7, 11) is 0. The number of carboxylic acids is 1. The fourth-order valence-corrected chi connectivity index (χ4v) is 2.91. The van der Waals surface area contributed by atoms with Crippen LogP contribution in [0, 0.1) is 5.41 Å². The van der Waals surface area contributed by atoms with E-state index >= 15 is 0 Å². The Kier molecular flexibility index (Phi) is 5.58. The van der Waals surface area contributed by atoms with E-state index in [-0.39, 0.29) is 5.91 Å². The van der Waals surface area contributed by atoms with Gasteiger partial charge in [-0.05, 0) is 32.6 Å². The standard InChI is InChI=1S/C15H25NO3/c1-4-7-12(3)13(17)16-10-6-9-15(11-16,8-5-2)14(18)19/h7H,4-6,8-11H2,1-3H3,(H,18,19). The fraction of sp³-hybridized carbons (Fsp3) is 0.733. The Balaban J connectivity index is 2.86. The van der Waals surface area contributed by atoms with Crippen molar-refractivity contribution in [2.24, 2.45) is 5.41 Å². The number of hydrogen-bond donors (Lipinski definition) is 1. The van der Waals surface area contributed by atoms with Crippen molar-refractivity contribution in [3.63, 3.8) is 0 Å². The summed E-state index contributed by atoms with van der Waals surface area (Å²) in [6.07, 6.45) is 5.65. The molecule has 0 aromatic rings. The van der Waals surface area contributed by atoms with Crippen LogP contribution in [0.1, 0.15) is 52.9 Å². The number of nitrogens with zero attached hydrogens (tertiary/aromatic N) is 1. The number of carbonyl (C=O) groups is 2. The van der Waals surface area contributed by atoms with E-state index in [9.17, 15) is 14.7 Å². The molecule has 0 aromatic carbocycles. The van der Waals surface area contributed by atoms with E-state index in [4.69, 9.17) is 0 Å². The molecule has 0 aromatic heterocycles. The number of hydrogen-bond acceptors (Lipinski definition) is 2. The van der Waals surface area contributed by atoms with Crippen molar-refractivity contribution in [3.8, 4) is 0 Å². The lowest BCUT2D eigenvalue weighted by molar-refractivity contribution is -0.155. The maximum atomic E-state index is 12.3. The molecule has 0 radical (unpaired) electrons. The quantitative estimate of drug-likeness (QED) is 0.779. The molecular weight excluding hydrogens is 242 g/mol. The zero-order chi connectivity index (χ0) is 14.5. The molecule has 0 aliphatic carbocycles. The molecule has 0 bridgehead atoms. The lowest BCUT2D eigenvalue weighted by Crippen LogP contribution is -2.50. The third kappa shape index (κ3) is 3.58. The van der Waals surface area contributed by atoms with E-state index < -0.39 is 11.4 Å². The minimum atomic E-state index is -0.760. The van der Waals surface area contributed by atoms with Crippen molar-refractivity contribution in [1.29, 1.82) is 0 Å². The monoisotopic (exact) mass is 267 g/mol. The van der Waals surface area contributed by atoms with Crippen LogP contribution >= 0.6 is 0 Å². The molecule has 4 nitrogen and oxygen atoms in total. The van der Waals surface area contributed by atoms with E-state index in [1.54, 1.807) is 4.90 Å². The van der Waals surface area contributed by atoms with Crippen LogP contribution in [0.4, 0.5) is 0 Å². The minimum absolute atomic E-state index is 0.0109. The Morgan fingerprint density at radius 2 is 2.05 bits per heavy atom. The van der Waals surface area contributed by atoms with Gasteiger partial charge < -0.3 is 10.0 Å². The average Bonchev–Trinajstić information content (AvgIpc) is 2.38. The van der Waals surface area contributed by atoms with Gasteiger partial charge in [-0.3, -0.25) is 9.59 Å². The second kappa shape index (κ2) is 6.73. The molecule has 0 saturated carbocycles. The molecule has 1 aliphatic rings. The number of carboxylic acid groups (broad SMARTS) is 1. The number of amides is 1. The van der Waals surface area contributed by atoms with Gasteiger partial charge in [0.2, 0.25) is 5.91 Å². The van der Waals surface area contributed by atoms with Crippen molar-refractivity contribution in [2.45, 2.75) is 52.9 Å². The van der Waals surface area contributed by atoms with Crippen LogP contribution in [0.15, 0.2) is 11.6 Å². The average molecular weight is 267 g/mol. The molecule has 108 valence electrons. The van der Waals surface area contributed by atoms with Crippen molar-refractivity contribution < 1.29 is 14.7 Å². The third-order valence-corrected chi connectivity index (χ3v) is 3.89. The molecule has 1 aliphatic heterocycles. The summed E-state index contributed by atoms with van der Waals surface area (Å²) < 4.78 is 0. The maximum absolute atomic E-state index is 12.3. The van der Waals surface area contributed by atoms with Crippen molar-refractivity contribution >= 4 is 11.9 Å². The van der Waals surface area contributed by atoms with Crippen LogP contribution in [0.3, 0.4) is 0 Å². The SMILES string of the molecule is CCC=C(C)C(=O)N1CCCC(CCC)(C(=O)O)C1. The Morgan fingerprint density at radius 3 is 2.58 bits per heavy atom. The first-order valence-corrected chi connectivity index (χ1v) is 7.16. The zero-order valence-electron chi connectivity index (χ0n) is 12.2. The summed E-state index contributed by atoms with van der Waals surface area (Å²) in [4.78, 5) is 25.6. The molecule has 1 N–H and O–H groups in total. The predicted molar refractivity (Wildman–Crippen MR) is 74.8 cm³/mol. The molecule has 4 heteroatoms. The van der Waals surface area contributed by atoms with Gasteiger partial charge in [0.1, 0.15) is 0 Å². The van der Waals surface area contributed by atoms with Crippen molar-refractivity contribution in [2.75, 3.05) is 13.1 Å². The summed E-state index contributed by atoms with van der Waals surface area (Å²) in [5, 5.41) is 9.51. The fourth-order valence-electron chi connectivity index (χ4n) is 2.91. The Hall–Kier alpha value is -1.32. The lowest BCUT2D eigenvalue weighted by atomic mass is 9.76. The number of allylic oxidation sites excluding steroid dienone is 1. The Bertz CT molecular complexity index is 372. The van der Waals surface area contributed by atoms with Gasteiger partial charge in [0, 0.05) is 18.7 Å². The van der Waals surface area contributed by atoms with Crippen LogP contribution in [-0.2, 0) is 9.59 Å². The highest BCUT2D eigenvalue weighted by molar-refractivity contribution is 5.93. The van der Waals surface area contributed by atoms with Crippen LogP contribution in [0.5, 0.6) is 0 Å². The third-order valence-electron chi connectivity index (χ3n) is 3.89. The number of aliphatic carboxylic acids is 1. The second-order valence-corrected chi connectivity index (χ2v) is 5.46. The van der Waals surface area contributed by atoms with E-state index in [1.165, 1.54) is 0 Å².